The van der Waals surface area contributed by atoms with E-state index in [1.54, 1.807) is 36.4 Å². The van der Waals surface area contributed by atoms with Crippen LogP contribution in [0.15, 0.2) is 49.1 Å². The van der Waals surface area contributed by atoms with Gasteiger partial charge in [0.25, 0.3) is 11.8 Å². The van der Waals surface area contributed by atoms with E-state index in [0.717, 1.165) is 5.56 Å². The zero-order valence-corrected chi connectivity index (χ0v) is 14.8. The van der Waals surface area contributed by atoms with Crippen molar-refractivity contribution in [1.29, 1.82) is 0 Å². The molecule has 0 aliphatic carbocycles. The summed E-state index contributed by atoms with van der Waals surface area (Å²) in [6.07, 6.45) is 1.59. The monoisotopic (exact) mass is 358 g/mol. The zero-order chi connectivity index (χ0) is 18.4. The minimum Gasteiger partial charge on any atom is -0.495 e. The summed E-state index contributed by atoms with van der Waals surface area (Å²) in [5.74, 6) is -0.156. The number of amides is 2. The predicted molar refractivity (Wildman–Crippen MR) is 99.7 cm³/mol. The molecule has 0 radical (unpaired) electrons. The van der Waals surface area contributed by atoms with Crippen LogP contribution in [0.4, 0.5) is 5.69 Å². The molecule has 0 saturated heterocycles. The lowest BCUT2D eigenvalue weighted by Crippen LogP contribution is -2.23. The van der Waals surface area contributed by atoms with E-state index in [1.807, 2.05) is 6.92 Å². The van der Waals surface area contributed by atoms with Crippen LogP contribution in [0, 0.1) is 6.92 Å². The van der Waals surface area contributed by atoms with E-state index in [1.165, 1.54) is 13.2 Å². The van der Waals surface area contributed by atoms with E-state index in [9.17, 15) is 9.59 Å². The second kappa shape index (κ2) is 8.35. The minimum absolute atomic E-state index is 0.269. The number of anilines is 1. The number of benzene rings is 2. The summed E-state index contributed by atoms with van der Waals surface area (Å²) < 4.78 is 5.25. The number of ether oxygens (including phenoxy) is 1. The third kappa shape index (κ3) is 4.61. The number of halogens is 1. The SMILES string of the molecule is C=CCNC(=O)c1cccc(C(=O)Nc2cc(C)c(Cl)cc2OC)c1. The molecule has 0 spiro atoms. The Hall–Kier alpha value is -2.79. The zero-order valence-electron chi connectivity index (χ0n) is 14.1. The Bertz CT molecular complexity index is 818. The second-order valence-corrected chi connectivity index (χ2v) is 5.74. The van der Waals surface area contributed by atoms with E-state index in [-0.39, 0.29) is 11.8 Å². The standard InChI is InChI=1S/C19H19ClN2O3/c1-4-8-21-18(23)13-6-5-7-14(10-13)19(24)22-16-9-12(2)15(20)11-17(16)25-3/h4-7,9-11H,1,8H2,2-3H3,(H,21,23)(H,22,24). The van der Waals surface area contributed by atoms with Gasteiger partial charge in [0, 0.05) is 28.8 Å². The van der Waals surface area contributed by atoms with Crippen molar-refractivity contribution in [3.63, 3.8) is 0 Å². The van der Waals surface area contributed by atoms with E-state index in [2.05, 4.69) is 17.2 Å². The minimum atomic E-state index is -0.349. The van der Waals surface area contributed by atoms with Gasteiger partial charge in [-0.05, 0) is 36.8 Å². The summed E-state index contributed by atoms with van der Waals surface area (Å²) in [4.78, 5) is 24.5. The summed E-state index contributed by atoms with van der Waals surface area (Å²) >= 11 is 6.07. The molecule has 0 saturated carbocycles. The van der Waals surface area contributed by atoms with E-state index >= 15 is 0 Å². The highest BCUT2D eigenvalue weighted by atomic mass is 35.5. The maximum absolute atomic E-state index is 12.5. The van der Waals surface area contributed by atoms with Gasteiger partial charge in [-0.15, -0.1) is 6.58 Å². The first-order valence-corrected chi connectivity index (χ1v) is 7.98. The van der Waals surface area contributed by atoms with Gasteiger partial charge in [0.1, 0.15) is 5.75 Å². The number of hydrogen-bond donors (Lipinski definition) is 2. The van der Waals surface area contributed by atoms with Crippen LogP contribution < -0.4 is 15.4 Å². The van der Waals surface area contributed by atoms with Crippen molar-refractivity contribution in [2.45, 2.75) is 6.92 Å². The summed E-state index contributed by atoms with van der Waals surface area (Å²) in [5, 5.41) is 6.01. The van der Waals surface area contributed by atoms with Crippen LogP contribution >= 0.6 is 11.6 Å². The molecule has 2 amide bonds. The normalized spacial score (nSPS) is 10.0. The molecule has 0 bridgehead atoms. The van der Waals surface area contributed by atoms with Gasteiger partial charge in [0.05, 0.1) is 12.8 Å². The quantitative estimate of drug-likeness (QED) is 0.771. The number of carbonyl (C=O) groups is 2. The first-order valence-electron chi connectivity index (χ1n) is 7.61. The van der Waals surface area contributed by atoms with Gasteiger partial charge in [-0.3, -0.25) is 9.59 Å². The molecular formula is C19H19ClN2O3. The Labute approximate surface area is 151 Å². The third-order valence-electron chi connectivity index (χ3n) is 3.52. The van der Waals surface area contributed by atoms with Gasteiger partial charge in [0.2, 0.25) is 0 Å². The highest BCUT2D eigenvalue weighted by Crippen LogP contribution is 2.31. The van der Waals surface area contributed by atoms with E-state index < -0.39 is 0 Å². The molecule has 2 rings (SSSR count). The van der Waals surface area contributed by atoms with Gasteiger partial charge >= 0.3 is 0 Å². The molecular weight excluding hydrogens is 340 g/mol. The van der Waals surface area contributed by atoms with Crippen LogP contribution in [0.25, 0.3) is 0 Å². The lowest BCUT2D eigenvalue weighted by atomic mass is 10.1. The van der Waals surface area contributed by atoms with Crippen LogP contribution in [0.5, 0.6) is 5.75 Å². The molecule has 0 fully saturated rings. The molecule has 2 aromatic carbocycles. The van der Waals surface area contributed by atoms with Crippen molar-refractivity contribution in [2.75, 3.05) is 19.0 Å². The maximum atomic E-state index is 12.5. The topological polar surface area (TPSA) is 67.4 Å². The number of methoxy groups -OCH3 is 1. The van der Waals surface area contributed by atoms with Crippen molar-refractivity contribution in [1.82, 2.24) is 5.32 Å². The lowest BCUT2D eigenvalue weighted by Gasteiger charge is -2.12. The third-order valence-corrected chi connectivity index (χ3v) is 3.93. The fourth-order valence-corrected chi connectivity index (χ4v) is 2.35. The largest absolute Gasteiger partial charge is 0.495 e. The van der Waals surface area contributed by atoms with E-state index in [0.29, 0.717) is 34.1 Å². The molecule has 2 aromatic rings. The molecule has 130 valence electrons. The molecule has 0 heterocycles. The van der Waals surface area contributed by atoms with E-state index in [4.69, 9.17) is 16.3 Å². The fourth-order valence-electron chi connectivity index (χ4n) is 2.19. The first-order chi connectivity index (χ1) is 12.0. The second-order valence-electron chi connectivity index (χ2n) is 5.34. The number of hydrogen-bond acceptors (Lipinski definition) is 3. The molecule has 2 N–H and O–H groups in total. The lowest BCUT2D eigenvalue weighted by molar-refractivity contribution is 0.0958. The molecule has 0 unspecified atom stereocenters. The number of aryl methyl sites for hydroxylation is 1. The Kier molecular flexibility index (Phi) is 6.19. The Morgan fingerprint density at radius 3 is 2.52 bits per heavy atom. The number of nitrogens with one attached hydrogen (secondary N) is 2. The Balaban J connectivity index is 2.23. The highest BCUT2D eigenvalue weighted by molar-refractivity contribution is 6.31. The number of rotatable bonds is 6. The van der Waals surface area contributed by atoms with Gasteiger partial charge in [-0.1, -0.05) is 23.7 Å². The number of carbonyl (C=O) groups excluding carboxylic acids is 2. The van der Waals surface area contributed by atoms with Crippen LogP contribution in [0.3, 0.4) is 0 Å². The van der Waals surface area contributed by atoms with Crippen LogP contribution in [0.1, 0.15) is 26.3 Å². The summed E-state index contributed by atoms with van der Waals surface area (Å²) in [5.41, 5.74) is 2.08. The summed E-state index contributed by atoms with van der Waals surface area (Å²) in [6.45, 7) is 5.74. The van der Waals surface area contributed by atoms with Gasteiger partial charge in [-0.25, -0.2) is 0 Å². The average Bonchev–Trinajstić information content (AvgIpc) is 2.62. The summed E-state index contributed by atoms with van der Waals surface area (Å²) in [7, 11) is 1.50. The van der Waals surface area contributed by atoms with Crippen LogP contribution in [-0.4, -0.2) is 25.5 Å². The van der Waals surface area contributed by atoms with Crippen LogP contribution in [0.2, 0.25) is 5.02 Å². The molecule has 25 heavy (non-hydrogen) atoms. The van der Waals surface area contributed by atoms with Gasteiger partial charge < -0.3 is 15.4 Å². The molecule has 0 atom stereocenters. The molecule has 6 heteroatoms. The van der Waals surface area contributed by atoms with Gasteiger partial charge in [0.15, 0.2) is 0 Å². The highest BCUT2D eigenvalue weighted by Gasteiger charge is 2.13. The summed E-state index contributed by atoms with van der Waals surface area (Å²) in [6, 6.07) is 9.84. The van der Waals surface area contributed by atoms with Crippen LogP contribution in [-0.2, 0) is 0 Å². The van der Waals surface area contributed by atoms with Crippen molar-refractivity contribution in [3.05, 3.63) is 70.8 Å². The molecule has 0 aliphatic heterocycles. The van der Waals surface area contributed by atoms with Crippen molar-refractivity contribution in [2.24, 2.45) is 0 Å². The molecule has 5 nitrogen and oxygen atoms in total. The molecule has 0 aliphatic rings. The van der Waals surface area contributed by atoms with Crippen molar-refractivity contribution < 1.29 is 14.3 Å². The fraction of sp³-hybridized carbons (Fsp3) is 0.158. The first kappa shape index (κ1) is 18.5. The van der Waals surface area contributed by atoms with Crippen molar-refractivity contribution in [3.8, 4) is 5.75 Å². The smallest absolute Gasteiger partial charge is 0.255 e. The predicted octanol–water partition coefficient (Wildman–Crippen LogP) is 3.83. The Morgan fingerprint density at radius 2 is 1.88 bits per heavy atom. The Morgan fingerprint density at radius 1 is 1.20 bits per heavy atom. The van der Waals surface area contributed by atoms with Crippen molar-refractivity contribution >= 4 is 29.1 Å². The average molecular weight is 359 g/mol. The maximum Gasteiger partial charge on any atom is 0.255 e. The van der Waals surface area contributed by atoms with Gasteiger partial charge in [-0.2, -0.15) is 0 Å². The molecule has 0 aromatic heterocycles.